The van der Waals surface area contributed by atoms with Crippen molar-refractivity contribution in [2.24, 2.45) is 0 Å². The molecule has 0 saturated heterocycles. The van der Waals surface area contributed by atoms with Gasteiger partial charge < -0.3 is 10.1 Å². The molecule has 0 heterocycles. The van der Waals surface area contributed by atoms with E-state index in [-0.39, 0.29) is 11.9 Å². The summed E-state index contributed by atoms with van der Waals surface area (Å²) in [6.45, 7) is 1.98. The molecule has 0 fully saturated rings. The number of rotatable bonds is 5. The third kappa shape index (κ3) is 4.02. The Hall–Kier alpha value is -2.33. The third-order valence-electron chi connectivity index (χ3n) is 4.28. The van der Waals surface area contributed by atoms with E-state index in [2.05, 4.69) is 39.4 Å². The molecule has 0 bridgehead atoms. The zero-order valence-electron chi connectivity index (χ0n) is 14.3. The van der Waals surface area contributed by atoms with Gasteiger partial charge in [-0.3, -0.25) is 4.79 Å². The average molecular weight is 398 g/mol. The summed E-state index contributed by atoms with van der Waals surface area (Å²) in [5.74, 6) is 0.786. The monoisotopic (exact) mass is 397 g/mol. The first-order chi connectivity index (χ1) is 12.1. The van der Waals surface area contributed by atoms with Crippen LogP contribution in [0.5, 0.6) is 5.75 Å². The number of halogens is 1. The van der Waals surface area contributed by atoms with Crippen molar-refractivity contribution in [2.75, 3.05) is 7.11 Å². The Labute approximate surface area is 156 Å². The van der Waals surface area contributed by atoms with Crippen molar-refractivity contribution in [2.45, 2.75) is 19.4 Å². The molecule has 0 radical (unpaired) electrons. The molecule has 0 spiro atoms. The second kappa shape index (κ2) is 7.70. The van der Waals surface area contributed by atoms with Gasteiger partial charge in [-0.25, -0.2) is 0 Å². The predicted octanol–water partition coefficient (Wildman–Crippen LogP) is 5.03. The lowest BCUT2D eigenvalue weighted by Gasteiger charge is -2.16. The molecule has 4 heteroatoms. The molecule has 0 aromatic heterocycles. The van der Waals surface area contributed by atoms with E-state index in [1.807, 2.05) is 49.4 Å². The summed E-state index contributed by atoms with van der Waals surface area (Å²) in [4.78, 5) is 12.5. The van der Waals surface area contributed by atoms with E-state index in [0.29, 0.717) is 6.42 Å². The van der Waals surface area contributed by atoms with Crippen LogP contribution in [-0.4, -0.2) is 13.0 Å². The maximum absolute atomic E-state index is 12.5. The van der Waals surface area contributed by atoms with Gasteiger partial charge in [0.05, 0.1) is 24.0 Å². The van der Waals surface area contributed by atoms with E-state index in [1.54, 1.807) is 7.11 Å². The van der Waals surface area contributed by atoms with Gasteiger partial charge in [0.25, 0.3) is 0 Å². The van der Waals surface area contributed by atoms with E-state index < -0.39 is 0 Å². The molecule has 0 aliphatic heterocycles. The van der Waals surface area contributed by atoms with Crippen LogP contribution in [0.2, 0.25) is 0 Å². The Morgan fingerprint density at radius 1 is 1.12 bits per heavy atom. The van der Waals surface area contributed by atoms with Crippen molar-refractivity contribution in [3.63, 3.8) is 0 Å². The molecule has 3 aromatic carbocycles. The van der Waals surface area contributed by atoms with Crippen molar-refractivity contribution < 1.29 is 9.53 Å². The predicted molar refractivity (Wildman–Crippen MR) is 105 cm³/mol. The molecule has 0 aliphatic rings. The minimum atomic E-state index is -0.0790. The van der Waals surface area contributed by atoms with Crippen molar-refractivity contribution in [1.29, 1.82) is 0 Å². The first-order valence-electron chi connectivity index (χ1n) is 8.18. The largest absolute Gasteiger partial charge is 0.496 e. The van der Waals surface area contributed by atoms with Crippen molar-refractivity contribution in [3.8, 4) is 5.75 Å². The fraction of sp³-hybridized carbons (Fsp3) is 0.190. The Bertz CT molecular complexity index is 902. The number of hydrogen-bond donors (Lipinski definition) is 1. The van der Waals surface area contributed by atoms with Crippen LogP contribution in [0.15, 0.2) is 65.1 Å². The molecule has 25 heavy (non-hydrogen) atoms. The van der Waals surface area contributed by atoms with E-state index >= 15 is 0 Å². The summed E-state index contributed by atoms with van der Waals surface area (Å²) < 4.78 is 6.12. The highest BCUT2D eigenvalue weighted by molar-refractivity contribution is 9.10. The Morgan fingerprint density at radius 2 is 1.88 bits per heavy atom. The lowest BCUT2D eigenvalue weighted by Crippen LogP contribution is -2.28. The standard InChI is InChI=1S/C21H20BrNO2/c1-14(16-10-11-20(25-2)19(22)12-16)23-21(24)13-17-8-5-7-15-6-3-4-9-18(15)17/h3-12,14H,13H2,1-2H3,(H,23,24). The molecule has 3 nitrogen and oxygen atoms in total. The molecular weight excluding hydrogens is 378 g/mol. The fourth-order valence-corrected chi connectivity index (χ4v) is 3.51. The van der Waals surface area contributed by atoms with Crippen LogP contribution < -0.4 is 10.1 Å². The average Bonchev–Trinajstić information content (AvgIpc) is 2.62. The maximum atomic E-state index is 12.5. The number of fused-ring (bicyclic) bond motifs is 1. The van der Waals surface area contributed by atoms with Crippen LogP contribution in [0, 0.1) is 0 Å². The molecule has 3 aromatic rings. The van der Waals surface area contributed by atoms with Gasteiger partial charge in [0.15, 0.2) is 0 Å². The third-order valence-corrected chi connectivity index (χ3v) is 4.90. The SMILES string of the molecule is COc1ccc(C(C)NC(=O)Cc2cccc3ccccc23)cc1Br. The summed E-state index contributed by atoms with van der Waals surface area (Å²) in [6, 6.07) is 20.0. The van der Waals surface area contributed by atoms with Gasteiger partial charge in [-0.05, 0) is 56.9 Å². The smallest absolute Gasteiger partial charge is 0.224 e. The molecule has 1 unspecified atom stereocenters. The van der Waals surface area contributed by atoms with Crippen LogP contribution in [0.3, 0.4) is 0 Å². The first-order valence-corrected chi connectivity index (χ1v) is 8.97. The van der Waals surface area contributed by atoms with Gasteiger partial charge in [0.1, 0.15) is 5.75 Å². The highest BCUT2D eigenvalue weighted by Crippen LogP contribution is 2.28. The van der Waals surface area contributed by atoms with Gasteiger partial charge in [0.2, 0.25) is 5.91 Å². The van der Waals surface area contributed by atoms with Gasteiger partial charge in [-0.15, -0.1) is 0 Å². The molecule has 128 valence electrons. The number of methoxy groups -OCH3 is 1. The quantitative estimate of drug-likeness (QED) is 0.655. The Morgan fingerprint density at radius 3 is 2.64 bits per heavy atom. The van der Waals surface area contributed by atoms with Crippen LogP contribution in [0.25, 0.3) is 10.8 Å². The van der Waals surface area contributed by atoms with Crippen LogP contribution in [0.1, 0.15) is 24.1 Å². The zero-order valence-corrected chi connectivity index (χ0v) is 15.8. The summed E-state index contributed by atoms with van der Waals surface area (Å²) in [5, 5.41) is 5.35. The van der Waals surface area contributed by atoms with E-state index in [0.717, 1.165) is 32.1 Å². The minimum Gasteiger partial charge on any atom is -0.496 e. The molecule has 1 atom stereocenters. The van der Waals surface area contributed by atoms with E-state index in [9.17, 15) is 4.79 Å². The van der Waals surface area contributed by atoms with Gasteiger partial charge in [-0.2, -0.15) is 0 Å². The summed E-state index contributed by atoms with van der Waals surface area (Å²) in [7, 11) is 1.63. The number of carbonyl (C=O) groups excluding carboxylic acids is 1. The number of carbonyl (C=O) groups is 1. The summed E-state index contributed by atoms with van der Waals surface area (Å²) >= 11 is 3.49. The number of amides is 1. The van der Waals surface area contributed by atoms with Crippen molar-refractivity contribution >= 4 is 32.6 Å². The summed E-state index contributed by atoms with van der Waals surface area (Å²) in [6.07, 6.45) is 0.364. The van der Waals surface area contributed by atoms with Crippen molar-refractivity contribution in [3.05, 3.63) is 76.3 Å². The van der Waals surface area contributed by atoms with Crippen molar-refractivity contribution in [1.82, 2.24) is 5.32 Å². The molecular formula is C21H20BrNO2. The Kier molecular flexibility index (Phi) is 5.39. The molecule has 0 aliphatic carbocycles. The first kappa shape index (κ1) is 17.5. The second-order valence-corrected chi connectivity index (χ2v) is 6.85. The van der Waals surface area contributed by atoms with Crippen LogP contribution >= 0.6 is 15.9 Å². The fourth-order valence-electron chi connectivity index (χ4n) is 2.95. The topological polar surface area (TPSA) is 38.3 Å². The van der Waals surface area contributed by atoms with E-state index in [1.165, 1.54) is 0 Å². The number of hydrogen-bond acceptors (Lipinski definition) is 2. The second-order valence-electron chi connectivity index (χ2n) is 6.00. The van der Waals surface area contributed by atoms with Crippen LogP contribution in [0.4, 0.5) is 0 Å². The van der Waals surface area contributed by atoms with Gasteiger partial charge in [0, 0.05) is 0 Å². The number of benzene rings is 3. The lowest BCUT2D eigenvalue weighted by molar-refractivity contribution is -0.121. The van der Waals surface area contributed by atoms with Gasteiger partial charge in [-0.1, -0.05) is 48.5 Å². The zero-order chi connectivity index (χ0) is 17.8. The van der Waals surface area contributed by atoms with Crippen LogP contribution in [-0.2, 0) is 11.2 Å². The molecule has 3 rings (SSSR count). The maximum Gasteiger partial charge on any atom is 0.224 e. The number of ether oxygens (including phenoxy) is 1. The highest BCUT2D eigenvalue weighted by atomic mass is 79.9. The highest BCUT2D eigenvalue weighted by Gasteiger charge is 2.13. The molecule has 0 saturated carbocycles. The number of nitrogens with one attached hydrogen (secondary N) is 1. The van der Waals surface area contributed by atoms with E-state index in [4.69, 9.17) is 4.74 Å². The molecule has 1 amide bonds. The Balaban J connectivity index is 1.72. The minimum absolute atomic E-state index is 0.00999. The molecule has 1 N–H and O–H groups in total. The summed E-state index contributed by atoms with van der Waals surface area (Å²) in [5.41, 5.74) is 2.07. The lowest BCUT2D eigenvalue weighted by atomic mass is 10.0. The van der Waals surface area contributed by atoms with Gasteiger partial charge >= 0.3 is 0 Å². The normalized spacial score (nSPS) is 12.0.